The van der Waals surface area contributed by atoms with E-state index in [9.17, 15) is 22.0 Å². The average Bonchev–Trinajstić information content (AvgIpc) is 2.53. The highest BCUT2D eigenvalue weighted by Crippen LogP contribution is 2.39. The van der Waals surface area contributed by atoms with Gasteiger partial charge < -0.3 is 10.5 Å². The second kappa shape index (κ2) is 6.32. The van der Waals surface area contributed by atoms with Crippen molar-refractivity contribution in [1.29, 1.82) is 0 Å². The third kappa shape index (κ3) is 3.14. The molecule has 2 heterocycles. The Morgan fingerprint density at radius 1 is 1.21 bits per heavy atom. The van der Waals surface area contributed by atoms with E-state index >= 15 is 0 Å². The summed E-state index contributed by atoms with van der Waals surface area (Å²) in [6.45, 7) is 6.57. The summed E-state index contributed by atoms with van der Waals surface area (Å²) in [5, 5.41) is 0. The van der Waals surface area contributed by atoms with Crippen molar-refractivity contribution in [3.63, 3.8) is 0 Å². The molecule has 1 aromatic carbocycles. The summed E-state index contributed by atoms with van der Waals surface area (Å²) in [5.41, 5.74) is 3.67. The van der Waals surface area contributed by atoms with E-state index in [1.165, 1.54) is 26.8 Å². The Morgan fingerprint density at radius 3 is 2.32 bits per heavy atom. The molecule has 1 aromatic rings. The molecular weight excluding hydrogens is 390 g/mol. The van der Waals surface area contributed by atoms with Crippen LogP contribution in [0.2, 0.25) is 0 Å². The van der Waals surface area contributed by atoms with Gasteiger partial charge in [0.2, 0.25) is 0 Å². The Morgan fingerprint density at radius 2 is 1.82 bits per heavy atom. The van der Waals surface area contributed by atoms with E-state index in [1.807, 2.05) is 0 Å². The molecule has 154 valence electrons. The molecule has 2 aliphatic heterocycles. The number of hydrogen-bond donors (Lipinski definition) is 1. The minimum absolute atomic E-state index is 0.114. The number of aliphatic imine (C=N–C) groups is 1. The third-order valence-electron chi connectivity index (χ3n) is 5.78. The summed E-state index contributed by atoms with van der Waals surface area (Å²) >= 11 is 0. The first-order valence-corrected chi connectivity index (χ1v) is 10.5. The summed E-state index contributed by atoms with van der Waals surface area (Å²) in [7, 11) is -3.78. The zero-order valence-electron chi connectivity index (χ0n) is 16.3. The number of nitrogens with zero attached hydrogens (tertiary/aromatic N) is 1. The van der Waals surface area contributed by atoms with Crippen LogP contribution in [0.1, 0.15) is 38.8 Å². The quantitative estimate of drug-likeness (QED) is 0.811. The first-order chi connectivity index (χ1) is 12.7. The van der Waals surface area contributed by atoms with E-state index in [4.69, 9.17) is 10.5 Å². The number of carbonyl (C=O) groups is 1. The van der Waals surface area contributed by atoms with Crippen molar-refractivity contribution >= 4 is 21.5 Å². The summed E-state index contributed by atoms with van der Waals surface area (Å²) in [5.74, 6) is -3.19. The van der Waals surface area contributed by atoms with Crippen molar-refractivity contribution in [3.05, 3.63) is 34.9 Å². The molecule has 0 saturated carbocycles. The van der Waals surface area contributed by atoms with Crippen LogP contribution in [0.3, 0.4) is 0 Å². The smallest absolute Gasteiger partial charge is 0.165 e. The van der Waals surface area contributed by atoms with E-state index in [1.54, 1.807) is 6.92 Å². The highest BCUT2D eigenvalue weighted by atomic mass is 32.2. The normalized spacial score (nSPS) is 27.6. The van der Waals surface area contributed by atoms with Crippen molar-refractivity contribution in [2.24, 2.45) is 16.1 Å². The van der Waals surface area contributed by atoms with Gasteiger partial charge in [-0.05, 0) is 45.4 Å². The molecule has 6 nitrogen and oxygen atoms in total. The molecular formula is C19H24F2N2O4S. The lowest BCUT2D eigenvalue weighted by atomic mass is 9.80. The van der Waals surface area contributed by atoms with Crippen LogP contribution in [0.15, 0.2) is 17.1 Å². The lowest BCUT2D eigenvalue weighted by molar-refractivity contribution is -0.154. The summed E-state index contributed by atoms with van der Waals surface area (Å²) in [6.07, 6.45) is -0.114. The van der Waals surface area contributed by atoms with Gasteiger partial charge in [0.1, 0.15) is 21.9 Å². The zero-order chi connectivity index (χ0) is 21.1. The largest absolute Gasteiger partial charge is 0.386 e. The van der Waals surface area contributed by atoms with Crippen LogP contribution in [0.4, 0.5) is 8.78 Å². The number of carbonyl (C=O) groups excluding carboxylic acids is 1. The molecule has 0 aromatic heterocycles. The SMILES string of the molecule is CC1(C(=O)Cc2cc(F)c(F)c([C@]3(C)CS(=O)(=O)C(C)(C)C(N)=N3)c2)COC1. The van der Waals surface area contributed by atoms with Crippen molar-refractivity contribution < 1.29 is 26.7 Å². The molecule has 0 amide bonds. The van der Waals surface area contributed by atoms with Crippen LogP contribution in [0.25, 0.3) is 0 Å². The Bertz CT molecular complexity index is 984. The number of sulfone groups is 1. The van der Waals surface area contributed by atoms with Crippen molar-refractivity contribution in [3.8, 4) is 0 Å². The minimum Gasteiger partial charge on any atom is -0.386 e. The highest BCUT2D eigenvalue weighted by molar-refractivity contribution is 7.93. The predicted octanol–water partition coefficient (Wildman–Crippen LogP) is 1.89. The molecule has 1 atom stereocenters. The van der Waals surface area contributed by atoms with Crippen LogP contribution in [-0.2, 0) is 31.3 Å². The van der Waals surface area contributed by atoms with Crippen LogP contribution in [0.5, 0.6) is 0 Å². The van der Waals surface area contributed by atoms with Crippen LogP contribution < -0.4 is 5.73 Å². The number of hydrogen-bond acceptors (Lipinski definition) is 6. The summed E-state index contributed by atoms with van der Waals surface area (Å²) in [4.78, 5) is 16.7. The minimum atomic E-state index is -3.78. The molecule has 0 unspecified atom stereocenters. The highest BCUT2D eigenvalue weighted by Gasteiger charge is 2.50. The van der Waals surface area contributed by atoms with Crippen molar-refractivity contribution in [2.45, 2.75) is 44.4 Å². The lowest BCUT2D eigenvalue weighted by Crippen LogP contribution is -2.55. The number of halogens is 2. The molecule has 9 heteroatoms. The van der Waals surface area contributed by atoms with Gasteiger partial charge in [-0.15, -0.1) is 0 Å². The van der Waals surface area contributed by atoms with Gasteiger partial charge in [0.25, 0.3) is 0 Å². The van der Waals surface area contributed by atoms with Gasteiger partial charge in [-0.3, -0.25) is 9.79 Å². The number of ketones is 1. The van der Waals surface area contributed by atoms with Gasteiger partial charge in [-0.25, -0.2) is 17.2 Å². The van der Waals surface area contributed by atoms with Crippen molar-refractivity contribution in [2.75, 3.05) is 19.0 Å². The molecule has 1 saturated heterocycles. The molecule has 28 heavy (non-hydrogen) atoms. The van der Waals surface area contributed by atoms with E-state index < -0.39 is 42.9 Å². The van der Waals surface area contributed by atoms with E-state index in [-0.39, 0.29) is 42.4 Å². The second-order valence-electron chi connectivity index (χ2n) is 8.63. The fraction of sp³-hybridized carbons (Fsp3) is 0.579. The molecule has 3 rings (SSSR count). The number of benzene rings is 1. The zero-order valence-corrected chi connectivity index (χ0v) is 17.1. The van der Waals surface area contributed by atoms with Crippen LogP contribution in [0, 0.1) is 17.0 Å². The first kappa shape index (κ1) is 20.9. The number of amidine groups is 1. The molecule has 0 radical (unpaired) electrons. The summed E-state index contributed by atoms with van der Waals surface area (Å²) < 4.78 is 58.0. The standard InChI is InChI=1S/C19H24F2N2O4S/c1-17(2)16(22)23-19(4,10-28(17,25)26)12-5-11(6-13(20)15(12)21)7-14(24)18(3)8-27-9-18/h5-6H,7-10H2,1-4H3,(H2,22,23)/t19-/m0/s1. The Hall–Kier alpha value is -1.87. The number of rotatable bonds is 4. The molecule has 0 aliphatic carbocycles. The monoisotopic (exact) mass is 414 g/mol. The second-order valence-corrected chi connectivity index (χ2v) is 11.2. The Labute approximate surface area is 163 Å². The molecule has 2 aliphatic rings. The number of Topliss-reactive ketones (excluding diaryl/α,β-unsaturated/α-hetero) is 1. The maximum Gasteiger partial charge on any atom is 0.165 e. The number of nitrogens with two attached hydrogens (primary N) is 1. The molecule has 0 bridgehead atoms. The molecule has 2 N–H and O–H groups in total. The maximum atomic E-state index is 14.6. The number of ether oxygens (including phenoxy) is 1. The van der Waals surface area contributed by atoms with Crippen LogP contribution >= 0.6 is 0 Å². The third-order valence-corrected chi connectivity index (χ3v) is 8.49. The van der Waals surface area contributed by atoms with Gasteiger partial charge in [0, 0.05) is 12.0 Å². The van der Waals surface area contributed by atoms with Gasteiger partial charge in [-0.1, -0.05) is 0 Å². The fourth-order valence-corrected chi connectivity index (χ4v) is 5.07. The maximum absolute atomic E-state index is 14.6. The van der Waals surface area contributed by atoms with Gasteiger partial charge in [0.05, 0.1) is 24.4 Å². The Kier molecular flexibility index (Phi) is 4.70. The van der Waals surface area contributed by atoms with E-state index in [0.717, 1.165) is 6.07 Å². The molecule has 0 spiro atoms. The van der Waals surface area contributed by atoms with Gasteiger partial charge >= 0.3 is 0 Å². The van der Waals surface area contributed by atoms with Gasteiger partial charge in [0.15, 0.2) is 21.5 Å². The topological polar surface area (TPSA) is 98.8 Å². The fourth-order valence-electron chi connectivity index (χ4n) is 3.39. The van der Waals surface area contributed by atoms with Crippen molar-refractivity contribution in [1.82, 2.24) is 0 Å². The first-order valence-electron chi connectivity index (χ1n) is 8.89. The molecule has 1 fully saturated rings. The summed E-state index contributed by atoms with van der Waals surface area (Å²) in [6, 6.07) is 2.27. The van der Waals surface area contributed by atoms with E-state index in [2.05, 4.69) is 4.99 Å². The predicted molar refractivity (Wildman–Crippen MR) is 101 cm³/mol. The lowest BCUT2D eigenvalue weighted by Gasteiger charge is -2.38. The average molecular weight is 414 g/mol. The van der Waals surface area contributed by atoms with Crippen LogP contribution in [-0.4, -0.2) is 43.8 Å². The van der Waals surface area contributed by atoms with E-state index in [0.29, 0.717) is 0 Å². The van der Waals surface area contributed by atoms with Gasteiger partial charge in [-0.2, -0.15) is 0 Å². The Balaban J connectivity index is 2.06.